The van der Waals surface area contributed by atoms with Crippen molar-refractivity contribution in [3.8, 4) is 0 Å². The molecule has 0 saturated carbocycles. The fraction of sp³-hybridized carbons (Fsp3) is 0.567. The molecule has 0 heterocycles. The summed E-state index contributed by atoms with van der Waals surface area (Å²) in [6, 6.07) is 17.4. The summed E-state index contributed by atoms with van der Waals surface area (Å²) < 4.78 is 75.5. The van der Waals surface area contributed by atoms with Crippen molar-refractivity contribution in [3.05, 3.63) is 65.2 Å². The summed E-state index contributed by atoms with van der Waals surface area (Å²) in [6.45, 7) is 16.4. The minimum absolute atomic E-state index is 0.0811. The van der Waals surface area contributed by atoms with Crippen LogP contribution in [0.25, 0.3) is 0 Å². The van der Waals surface area contributed by atoms with E-state index in [1.54, 1.807) is 0 Å². The van der Waals surface area contributed by atoms with Crippen LogP contribution in [0.1, 0.15) is 97.8 Å². The van der Waals surface area contributed by atoms with Gasteiger partial charge in [-0.15, -0.1) is 0 Å². The van der Waals surface area contributed by atoms with Crippen LogP contribution in [0, 0.1) is 0 Å². The zero-order chi connectivity index (χ0) is 31.7. The minimum atomic E-state index is -4.51. The predicted molar refractivity (Wildman–Crippen MR) is 147 cm³/mol. The van der Waals surface area contributed by atoms with Gasteiger partial charge in [0.15, 0.2) is 11.2 Å². The van der Waals surface area contributed by atoms with E-state index in [-0.39, 0.29) is 5.41 Å². The van der Waals surface area contributed by atoms with Crippen molar-refractivity contribution in [3.63, 3.8) is 0 Å². The second-order valence-electron chi connectivity index (χ2n) is 11.6. The Morgan fingerprint density at radius 2 is 1.00 bits per heavy atom. The topological polar surface area (TPSA) is 52.8 Å². The Labute approximate surface area is 242 Å². The Morgan fingerprint density at radius 1 is 0.650 bits per heavy atom. The van der Waals surface area contributed by atoms with Gasteiger partial charge in [0, 0.05) is 0 Å². The van der Waals surface area contributed by atoms with Crippen LogP contribution < -0.4 is 0 Å². The van der Waals surface area contributed by atoms with Gasteiger partial charge in [0.25, 0.3) is 0 Å². The van der Waals surface area contributed by atoms with E-state index in [2.05, 4.69) is 94.5 Å². The van der Waals surface area contributed by atoms with Gasteiger partial charge in [0.1, 0.15) is 0 Å². The zero-order valence-corrected chi connectivity index (χ0v) is 26.9. The van der Waals surface area contributed by atoms with Crippen LogP contribution >= 0.6 is 0 Å². The fourth-order valence-corrected chi connectivity index (χ4v) is 4.65. The Kier molecular flexibility index (Phi) is 14.3. The third-order valence-corrected chi connectivity index (χ3v) is 8.15. The van der Waals surface area contributed by atoms with Crippen LogP contribution in [0.15, 0.2) is 52.0 Å². The number of aliphatic hydroxyl groups is 2. The summed E-state index contributed by atoms with van der Waals surface area (Å²) in [5.74, 6) is 1.02. The molecule has 0 radical (unpaired) electrons. The van der Waals surface area contributed by atoms with Crippen LogP contribution in [0.5, 0.6) is 0 Å². The Bertz CT molecular complexity index is 1030. The van der Waals surface area contributed by atoms with Gasteiger partial charge in [0.05, 0.1) is 0 Å². The summed E-state index contributed by atoms with van der Waals surface area (Å²) in [5, 5.41) is 16.5. The molecular formula is C30H43F6MoNO2. The van der Waals surface area contributed by atoms with Crippen LogP contribution in [0.2, 0.25) is 0 Å². The third-order valence-electron chi connectivity index (χ3n) is 5.74. The average molecular weight is 660 g/mol. The average Bonchev–Trinajstić information content (AvgIpc) is 2.77. The van der Waals surface area contributed by atoms with Crippen molar-refractivity contribution < 1.29 is 54.5 Å². The number of hydrogen-bond donors (Lipinski definition) is 2. The first-order valence-electron chi connectivity index (χ1n) is 12.8. The number of halogens is 6. The molecule has 0 unspecified atom stereocenters. The molecule has 2 N–H and O–H groups in total. The second-order valence-corrected chi connectivity index (χ2v) is 13.2. The summed E-state index contributed by atoms with van der Waals surface area (Å²) in [7, 11) is 0. The molecule has 0 saturated heterocycles. The Hall–Kier alpha value is -1.70. The van der Waals surface area contributed by atoms with Gasteiger partial charge in [-0.25, -0.2) is 0 Å². The molecule has 2 aromatic carbocycles. The van der Waals surface area contributed by atoms with Gasteiger partial charge in [0.2, 0.25) is 0 Å². The predicted octanol–water partition coefficient (Wildman–Crippen LogP) is 9.25. The van der Waals surface area contributed by atoms with Gasteiger partial charge >= 0.3 is 168 Å². The van der Waals surface area contributed by atoms with Crippen molar-refractivity contribution in [2.75, 3.05) is 0 Å². The molecule has 0 atom stereocenters. The number of benzene rings is 2. The monoisotopic (exact) mass is 661 g/mol. The van der Waals surface area contributed by atoms with E-state index in [1.807, 2.05) is 0 Å². The number of nitrogens with zero attached hydrogens (tertiary/aromatic N) is 1. The first-order valence-corrected chi connectivity index (χ1v) is 14.9. The molecule has 0 bridgehead atoms. The zero-order valence-electron chi connectivity index (χ0n) is 24.9. The van der Waals surface area contributed by atoms with Crippen molar-refractivity contribution in [2.45, 2.75) is 110 Å². The van der Waals surface area contributed by atoms with Gasteiger partial charge in [-0.05, 0) is 27.7 Å². The first kappa shape index (κ1) is 38.3. The number of hydrogen-bond acceptors (Lipinski definition) is 3. The normalized spacial score (nSPS) is 12.7. The van der Waals surface area contributed by atoms with E-state index in [4.69, 9.17) is 13.7 Å². The molecular weight excluding hydrogens is 616 g/mol. The SMILES string of the molecule is CC(C)(O)C(F)(F)F.CC(C)(O)C(F)(F)F.CC(C)c1cccc(C(C)C)c1[N]=[Mo]=[CH]C(C)(C)c1ccccc1. The van der Waals surface area contributed by atoms with E-state index in [1.165, 1.54) is 22.4 Å². The van der Waals surface area contributed by atoms with E-state index in [0.717, 1.165) is 0 Å². The van der Waals surface area contributed by atoms with Gasteiger partial charge in [-0.2, -0.15) is 26.3 Å². The summed E-state index contributed by atoms with van der Waals surface area (Å²) in [5.41, 5.74) is 0.351. The third kappa shape index (κ3) is 12.9. The van der Waals surface area contributed by atoms with Crippen molar-refractivity contribution in [2.24, 2.45) is 3.50 Å². The number of alkyl halides is 6. The molecule has 0 aliphatic rings. The molecule has 10 heteroatoms. The first-order chi connectivity index (χ1) is 17.8. The molecule has 0 amide bonds. The summed E-state index contributed by atoms with van der Waals surface area (Å²) in [4.78, 5) is 0. The molecule has 3 nitrogen and oxygen atoms in total. The standard InChI is InChI=1S/C12H17N.C10H12.2C4H7F3O.Mo/c1-8(2)10-6-5-7-11(9(3)4)12(10)13;1-10(2,3)9-7-5-4-6-8-9;2*1-3(2,8)4(5,6)7;/h5-9H,1-4H3;1,4-8H,2-3H3;2*8H,1-2H3;. The molecule has 0 aromatic heterocycles. The molecule has 0 aliphatic carbocycles. The van der Waals surface area contributed by atoms with Crippen LogP contribution in [-0.2, 0) is 23.3 Å². The fourth-order valence-electron chi connectivity index (χ4n) is 2.76. The van der Waals surface area contributed by atoms with Crippen LogP contribution in [-0.4, -0.2) is 38.2 Å². The van der Waals surface area contributed by atoms with Gasteiger partial charge in [-0.1, -0.05) is 0 Å². The van der Waals surface area contributed by atoms with Crippen molar-refractivity contribution in [1.29, 1.82) is 0 Å². The molecule has 0 spiro atoms. The van der Waals surface area contributed by atoms with E-state index < -0.39 is 41.5 Å². The summed E-state index contributed by atoms with van der Waals surface area (Å²) in [6.07, 6.45) is -9.01. The van der Waals surface area contributed by atoms with Crippen molar-refractivity contribution in [1.82, 2.24) is 0 Å². The van der Waals surface area contributed by atoms with Gasteiger partial charge in [-0.3, -0.25) is 0 Å². The van der Waals surface area contributed by atoms with Crippen molar-refractivity contribution >= 4 is 10.1 Å². The number of rotatable bonds is 5. The quantitative estimate of drug-likeness (QED) is 0.249. The van der Waals surface area contributed by atoms with Crippen LogP contribution in [0.4, 0.5) is 32.0 Å². The van der Waals surface area contributed by atoms with E-state index >= 15 is 0 Å². The Morgan fingerprint density at radius 3 is 1.30 bits per heavy atom. The molecule has 228 valence electrons. The van der Waals surface area contributed by atoms with Crippen LogP contribution in [0.3, 0.4) is 0 Å². The van der Waals surface area contributed by atoms with E-state index in [9.17, 15) is 26.3 Å². The maximum atomic E-state index is 11.3. The Balaban J connectivity index is 0.000000780. The summed E-state index contributed by atoms with van der Waals surface area (Å²) >= 11 is -0.553. The molecule has 0 fully saturated rings. The van der Waals surface area contributed by atoms with Gasteiger partial charge < -0.3 is 10.2 Å². The molecule has 40 heavy (non-hydrogen) atoms. The maximum absolute atomic E-state index is 11.3. The molecule has 0 aliphatic heterocycles. The second kappa shape index (κ2) is 15.0. The molecule has 2 rings (SSSR count). The van der Waals surface area contributed by atoms with E-state index in [0.29, 0.717) is 39.5 Å². The molecule has 2 aromatic rings.